The maximum Gasteiger partial charge on any atom is 0.148 e. The van der Waals surface area contributed by atoms with E-state index >= 15 is 0 Å². The molecule has 112 valence electrons. The highest BCUT2D eigenvalue weighted by Gasteiger charge is 2.43. The van der Waals surface area contributed by atoms with Crippen molar-refractivity contribution in [3.8, 4) is 5.75 Å². The second-order valence-corrected chi connectivity index (χ2v) is 7.45. The Morgan fingerprint density at radius 3 is 2.45 bits per heavy atom. The van der Waals surface area contributed by atoms with Gasteiger partial charge in [0.1, 0.15) is 18.0 Å². The van der Waals surface area contributed by atoms with Crippen molar-refractivity contribution in [3.05, 3.63) is 25.6 Å². The fourth-order valence-corrected chi connectivity index (χ4v) is 4.69. The highest BCUT2D eigenvalue weighted by Crippen LogP contribution is 2.39. The minimum atomic E-state index is 0.0905. The van der Waals surface area contributed by atoms with Crippen LogP contribution in [0.15, 0.2) is 25.6 Å². The third-order valence-electron chi connectivity index (χ3n) is 3.37. The normalized spacial score (nSPS) is 25.4. The van der Waals surface area contributed by atoms with Crippen molar-refractivity contribution in [2.45, 2.75) is 38.0 Å². The van der Waals surface area contributed by atoms with E-state index in [2.05, 4.69) is 60.0 Å². The molecule has 2 rings (SSSR count). The monoisotopic (exact) mass is 469 g/mol. The van der Waals surface area contributed by atoms with Gasteiger partial charge in [-0.25, -0.2) is 0 Å². The minimum absolute atomic E-state index is 0.0905. The van der Waals surface area contributed by atoms with Crippen molar-refractivity contribution in [3.63, 3.8) is 0 Å². The first-order valence-electron chi connectivity index (χ1n) is 6.66. The van der Waals surface area contributed by atoms with Gasteiger partial charge >= 0.3 is 0 Å². The lowest BCUT2D eigenvalue weighted by molar-refractivity contribution is -0.106. The fraction of sp³-hybridized carbons (Fsp3) is 0.571. The first kappa shape index (κ1) is 16.7. The lowest BCUT2D eigenvalue weighted by Gasteiger charge is -2.44. The maximum absolute atomic E-state index is 6.13. The molecule has 1 aliphatic carbocycles. The molecule has 3 nitrogen and oxygen atoms in total. The Morgan fingerprint density at radius 2 is 1.90 bits per heavy atom. The predicted octanol–water partition coefficient (Wildman–Crippen LogP) is 4.51. The zero-order valence-electron chi connectivity index (χ0n) is 11.5. The Labute approximate surface area is 145 Å². The van der Waals surface area contributed by atoms with E-state index in [-0.39, 0.29) is 12.2 Å². The Morgan fingerprint density at radius 1 is 1.25 bits per heavy atom. The van der Waals surface area contributed by atoms with E-state index in [0.717, 1.165) is 38.6 Å². The summed E-state index contributed by atoms with van der Waals surface area (Å²) in [6.07, 6.45) is 2.18. The number of halogens is 3. The molecule has 0 amide bonds. The second-order valence-electron chi connectivity index (χ2n) is 4.82. The molecule has 3 atom stereocenters. The molecule has 0 spiro atoms. The summed E-state index contributed by atoms with van der Waals surface area (Å²) < 4.78 is 14.9. The molecule has 1 aromatic rings. The van der Waals surface area contributed by atoms with Gasteiger partial charge in [-0.1, -0.05) is 22.9 Å². The topological polar surface area (TPSA) is 30.5 Å². The van der Waals surface area contributed by atoms with Gasteiger partial charge in [-0.15, -0.1) is 0 Å². The van der Waals surface area contributed by atoms with E-state index in [1.54, 1.807) is 0 Å². The molecule has 0 bridgehead atoms. The predicted molar refractivity (Wildman–Crippen MR) is 91.5 cm³/mol. The molecule has 0 radical (unpaired) electrons. The van der Waals surface area contributed by atoms with Gasteiger partial charge in [0.2, 0.25) is 0 Å². The highest BCUT2D eigenvalue weighted by atomic mass is 79.9. The second kappa shape index (κ2) is 7.58. The summed E-state index contributed by atoms with van der Waals surface area (Å²) in [6.45, 7) is 2.89. The standard InChI is InChI=1S/C14H18Br3NO2/c1-3-4-19-14-11(18-2)7-12(14)20-13-9(16)5-8(15)6-10(13)17/h5-6,11-12,14,18H,3-4,7H2,1-2H3. The molecule has 0 heterocycles. The van der Waals surface area contributed by atoms with E-state index in [9.17, 15) is 0 Å². The first-order valence-corrected chi connectivity index (χ1v) is 9.04. The summed E-state index contributed by atoms with van der Waals surface area (Å²) in [4.78, 5) is 0. The van der Waals surface area contributed by atoms with Gasteiger partial charge in [-0.3, -0.25) is 0 Å². The molecule has 20 heavy (non-hydrogen) atoms. The number of hydrogen-bond acceptors (Lipinski definition) is 3. The first-order chi connectivity index (χ1) is 9.56. The van der Waals surface area contributed by atoms with Crippen molar-refractivity contribution >= 4 is 47.8 Å². The van der Waals surface area contributed by atoms with Crippen LogP contribution in [0.25, 0.3) is 0 Å². The highest BCUT2D eigenvalue weighted by molar-refractivity contribution is 9.11. The Bertz CT molecular complexity index is 447. The van der Waals surface area contributed by atoms with E-state index in [4.69, 9.17) is 9.47 Å². The van der Waals surface area contributed by atoms with Gasteiger partial charge in [0.15, 0.2) is 0 Å². The zero-order valence-corrected chi connectivity index (χ0v) is 16.2. The van der Waals surface area contributed by atoms with Crippen molar-refractivity contribution in [2.24, 2.45) is 0 Å². The molecule has 0 aromatic heterocycles. The average Bonchev–Trinajstić information content (AvgIpc) is 2.36. The van der Waals surface area contributed by atoms with Crippen molar-refractivity contribution < 1.29 is 9.47 Å². The number of hydrogen-bond donors (Lipinski definition) is 1. The molecule has 1 aliphatic rings. The molecule has 0 aliphatic heterocycles. The van der Waals surface area contributed by atoms with Crippen LogP contribution in [0, 0.1) is 0 Å². The van der Waals surface area contributed by atoms with Crippen LogP contribution in [0.3, 0.4) is 0 Å². The van der Waals surface area contributed by atoms with Gasteiger partial charge in [-0.2, -0.15) is 0 Å². The summed E-state index contributed by atoms with van der Waals surface area (Å²) in [5.74, 6) is 0.831. The summed E-state index contributed by atoms with van der Waals surface area (Å²) in [5, 5.41) is 3.28. The SMILES string of the molecule is CCCOC1C(NC)CC1Oc1c(Br)cc(Br)cc1Br. The summed E-state index contributed by atoms with van der Waals surface area (Å²) in [7, 11) is 1.97. The number of rotatable bonds is 6. The average molecular weight is 472 g/mol. The summed E-state index contributed by atoms with van der Waals surface area (Å²) >= 11 is 10.5. The Hall–Kier alpha value is 0.380. The minimum Gasteiger partial charge on any atom is -0.485 e. The molecule has 1 fully saturated rings. The van der Waals surface area contributed by atoms with Crippen LogP contribution in [0.5, 0.6) is 5.75 Å². The third kappa shape index (κ3) is 3.77. The fourth-order valence-electron chi connectivity index (χ4n) is 2.25. The van der Waals surface area contributed by atoms with Gasteiger partial charge < -0.3 is 14.8 Å². The lowest BCUT2D eigenvalue weighted by Crippen LogP contribution is -2.60. The molecule has 1 N–H and O–H groups in total. The van der Waals surface area contributed by atoms with Gasteiger partial charge in [0, 0.05) is 23.5 Å². The van der Waals surface area contributed by atoms with E-state index in [0.29, 0.717) is 6.04 Å². The van der Waals surface area contributed by atoms with Gasteiger partial charge in [0.25, 0.3) is 0 Å². The quantitative estimate of drug-likeness (QED) is 0.662. The van der Waals surface area contributed by atoms with E-state index < -0.39 is 0 Å². The van der Waals surface area contributed by atoms with Gasteiger partial charge in [0.05, 0.1) is 8.95 Å². The molecule has 6 heteroatoms. The number of likely N-dealkylation sites (N-methyl/N-ethyl adjacent to an activating group) is 1. The zero-order chi connectivity index (χ0) is 14.7. The van der Waals surface area contributed by atoms with Crippen LogP contribution in [0.2, 0.25) is 0 Å². The van der Waals surface area contributed by atoms with Crippen molar-refractivity contribution in [1.82, 2.24) is 5.32 Å². The molecular formula is C14H18Br3NO2. The number of benzene rings is 1. The number of ether oxygens (including phenoxy) is 2. The largest absolute Gasteiger partial charge is 0.485 e. The van der Waals surface area contributed by atoms with Crippen LogP contribution >= 0.6 is 47.8 Å². The lowest BCUT2D eigenvalue weighted by atomic mass is 9.85. The smallest absolute Gasteiger partial charge is 0.148 e. The van der Waals surface area contributed by atoms with Crippen LogP contribution < -0.4 is 10.1 Å². The molecular weight excluding hydrogens is 454 g/mol. The Kier molecular flexibility index (Phi) is 6.35. The number of nitrogens with one attached hydrogen (secondary N) is 1. The van der Waals surface area contributed by atoms with E-state index in [1.807, 2.05) is 19.2 Å². The molecule has 0 saturated heterocycles. The maximum atomic E-state index is 6.13. The molecule has 3 unspecified atom stereocenters. The van der Waals surface area contributed by atoms with Crippen LogP contribution in [-0.2, 0) is 4.74 Å². The molecule has 1 saturated carbocycles. The summed E-state index contributed by atoms with van der Waals surface area (Å²) in [6, 6.07) is 4.34. The molecule has 1 aromatic carbocycles. The van der Waals surface area contributed by atoms with Crippen LogP contribution in [0.1, 0.15) is 19.8 Å². The Balaban J connectivity index is 2.06. The van der Waals surface area contributed by atoms with Gasteiger partial charge in [-0.05, 0) is 57.5 Å². The van der Waals surface area contributed by atoms with E-state index in [1.165, 1.54) is 0 Å². The van der Waals surface area contributed by atoms with Crippen molar-refractivity contribution in [2.75, 3.05) is 13.7 Å². The van der Waals surface area contributed by atoms with Crippen LogP contribution in [-0.4, -0.2) is 31.9 Å². The third-order valence-corrected chi connectivity index (χ3v) is 5.00. The van der Waals surface area contributed by atoms with Crippen LogP contribution in [0.4, 0.5) is 0 Å². The van der Waals surface area contributed by atoms with Crippen molar-refractivity contribution in [1.29, 1.82) is 0 Å². The summed E-state index contributed by atoms with van der Waals surface area (Å²) in [5.41, 5.74) is 0.